The van der Waals surface area contributed by atoms with Crippen LogP contribution in [0.5, 0.6) is 0 Å². The van der Waals surface area contributed by atoms with Crippen molar-refractivity contribution in [2.24, 2.45) is 5.92 Å². The van der Waals surface area contributed by atoms with Gasteiger partial charge in [0.1, 0.15) is 0 Å². The molecule has 1 atom stereocenters. The van der Waals surface area contributed by atoms with E-state index in [0.717, 1.165) is 5.56 Å². The monoisotopic (exact) mass is 251 g/mol. The number of rotatable bonds is 6. The number of benzene rings is 1. The number of nitrogens with one attached hydrogen (secondary N) is 1. The molecular weight excluding hydrogens is 230 g/mol. The van der Waals surface area contributed by atoms with Gasteiger partial charge in [0, 0.05) is 12.6 Å². The van der Waals surface area contributed by atoms with Gasteiger partial charge in [0.05, 0.1) is 19.3 Å². The standard InChI is InChI=1S/C14H21NO3/c1-10(2)13(9-16)15-8-11-4-6-12(7-5-11)14(17)18-3/h4-7,10,13,15-16H,8-9H2,1-3H3/t13-/m1/s1. The van der Waals surface area contributed by atoms with Crippen LogP contribution < -0.4 is 5.32 Å². The third kappa shape index (κ3) is 4.13. The molecule has 18 heavy (non-hydrogen) atoms. The molecule has 0 aliphatic rings. The molecule has 4 nitrogen and oxygen atoms in total. The fraction of sp³-hybridized carbons (Fsp3) is 0.500. The van der Waals surface area contributed by atoms with Crippen LogP contribution in [0.25, 0.3) is 0 Å². The largest absolute Gasteiger partial charge is 0.465 e. The van der Waals surface area contributed by atoms with Crippen LogP contribution in [0.3, 0.4) is 0 Å². The number of aliphatic hydroxyl groups is 1. The van der Waals surface area contributed by atoms with Crippen molar-refractivity contribution in [3.05, 3.63) is 35.4 Å². The Labute approximate surface area is 108 Å². The smallest absolute Gasteiger partial charge is 0.337 e. The molecule has 4 heteroatoms. The molecule has 0 saturated heterocycles. The lowest BCUT2D eigenvalue weighted by Gasteiger charge is -2.19. The second-order valence-electron chi connectivity index (χ2n) is 4.60. The van der Waals surface area contributed by atoms with E-state index in [1.54, 1.807) is 12.1 Å². The number of hydrogen-bond acceptors (Lipinski definition) is 4. The Morgan fingerprint density at radius 1 is 1.33 bits per heavy atom. The molecule has 2 N–H and O–H groups in total. The van der Waals surface area contributed by atoms with Crippen LogP contribution in [0.4, 0.5) is 0 Å². The van der Waals surface area contributed by atoms with Crippen molar-refractivity contribution in [2.75, 3.05) is 13.7 Å². The predicted molar refractivity (Wildman–Crippen MR) is 70.3 cm³/mol. The number of esters is 1. The Hall–Kier alpha value is -1.39. The highest BCUT2D eigenvalue weighted by molar-refractivity contribution is 5.89. The van der Waals surface area contributed by atoms with Crippen molar-refractivity contribution >= 4 is 5.97 Å². The van der Waals surface area contributed by atoms with Crippen molar-refractivity contribution in [1.29, 1.82) is 0 Å². The zero-order valence-corrected chi connectivity index (χ0v) is 11.1. The normalized spacial score (nSPS) is 12.5. The Balaban J connectivity index is 2.56. The fourth-order valence-corrected chi connectivity index (χ4v) is 1.64. The van der Waals surface area contributed by atoms with Gasteiger partial charge in [-0.1, -0.05) is 26.0 Å². The molecule has 1 aromatic carbocycles. The molecular formula is C14H21NO3. The van der Waals surface area contributed by atoms with Crippen molar-refractivity contribution in [2.45, 2.75) is 26.4 Å². The minimum absolute atomic E-state index is 0.0882. The first-order valence-electron chi connectivity index (χ1n) is 6.10. The summed E-state index contributed by atoms with van der Waals surface area (Å²) in [5.74, 6) is 0.0502. The first-order valence-corrected chi connectivity index (χ1v) is 6.10. The van der Waals surface area contributed by atoms with Crippen LogP contribution >= 0.6 is 0 Å². The SMILES string of the molecule is COC(=O)c1ccc(CN[C@H](CO)C(C)C)cc1. The van der Waals surface area contributed by atoms with Gasteiger partial charge in [0.2, 0.25) is 0 Å². The molecule has 0 aliphatic carbocycles. The maximum absolute atomic E-state index is 11.3. The zero-order chi connectivity index (χ0) is 13.5. The van der Waals surface area contributed by atoms with Gasteiger partial charge in [-0.05, 0) is 23.6 Å². The molecule has 0 heterocycles. The topological polar surface area (TPSA) is 58.6 Å². The van der Waals surface area contributed by atoms with E-state index in [1.165, 1.54) is 7.11 Å². The molecule has 0 amide bonds. The molecule has 0 unspecified atom stereocenters. The second kappa shape index (κ2) is 7.13. The molecule has 0 aliphatic heterocycles. The fourth-order valence-electron chi connectivity index (χ4n) is 1.64. The maximum Gasteiger partial charge on any atom is 0.337 e. The third-order valence-electron chi connectivity index (χ3n) is 2.94. The Morgan fingerprint density at radius 3 is 2.39 bits per heavy atom. The van der Waals surface area contributed by atoms with Gasteiger partial charge in [-0.2, -0.15) is 0 Å². The first-order chi connectivity index (χ1) is 8.58. The van der Waals surface area contributed by atoms with E-state index in [0.29, 0.717) is 18.0 Å². The Kier molecular flexibility index (Phi) is 5.82. The molecule has 0 radical (unpaired) electrons. The predicted octanol–water partition coefficient (Wildman–Crippen LogP) is 1.58. The molecule has 0 saturated carbocycles. The van der Waals surface area contributed by atoms with Gasteiger partial charge in [0.15, 0.2) is 0 Å². The number of carbonyl (C=O) groups is 1. The first kappa shape index (κ1) is 14.7. The summed E-state index contributed by atoms with van der Waals surface area (Å²) in [5.41, 5.74) is 1.62. The summed E-state index contributed by atoms with van der Waals surface area (Å²) in [7, 11) is 1.37. The summed E-state index contributed by atoms with van der Waals surface area (Å²) in [4.78, 5) is 11.3. The zero-order valence-electron chi connectivity index (χ0n) is 11.1. The quantitative estimate of drug-likeness (QED) is 0.754. The summed E-state index contributed by atoms with van der Waals surface area (Å²) in [6, 6.07) is 7.34. The molecule has 0 bridgehead atoms. The van der Waals surface area contributed by atoms with E-state index in [4.69, 9.17) is 0 Å². The molecule has 1 rings (SSSR count). The van der Waals surface area contributed by atoms with Crippen molar-refractivity contribution in [1.82, 2.24) is 5.32 Å². The van der Waals surface area contributed by atoms with Crippen LogP contribution in [0.15, 0.2) is 24.3 Å². The number of aliphatic hydroxyl groups excluding tert-OH is 1. The van der Waals surface area contributed by atoms with E-state index >= 15 is 0 Å². The lowest BCUT2D eigenvalue weighted by molar-refractivity contribution is 0.0600. The van der Waals surface area contributed by atoms with Gasteiger partial charge >= 0.3 is 5.97 Å². The number of carbonyl (C=O) groups excluding carboxylic acids is 1. The van der Waals surface area contributed by atoms with Crippen LogP contribution in [-0.4, -0.2) is 30.8 Å². The minimum atomic E-state index is -0.329. The van der Waals surface area contributed by atoms with Crippen molar-refractivity contribution in [3.63, 3.8) is 0 Å². The lowest BCUT2D eigenvalue weighted by Crippen LogP contribution is -2.36. The number of hydrogen-bond donors (Lipinski definition) is 2. The van der Waals surface area contributed by atoms with Crippen LogP contribution in [0.1, 0.15) is 29.8 Å². The van der Waals surface area contributed by atoms with Gasteiger partial charge in [-0.25, -0.2) is 4.79 Å². The van der Waals surface area contributed by atoms with Gasteiger partial charge in [0.25, 0.3) is 0 Å². The van der Waals surface area contributed by atoms with Crippen molar-refractivity contribution < 1.29 is 14.6 Å². The van der Waals surface area contributed by atoms with E-state index < -0.39 is 0 Å². The number of methoxy groups -OCH3 is 1. The molecule has 0 spiro atoms. The molecule has 1 aromatic rings. The Bertz CT molecular complexity index is 373. The van der Waals surface area contributed by atoms with Crippen LogP contribution in [-0.2, 0) is 11.3 Å². The maximum atomic E-state index is 11.3. The highest BCUT2D eigenvalue weighted by Crippen LogP contribution is 2.07. The summed E-state index contributed by atoms with van der Waals surface area (Å²) in [5, 5.41) is 12.5. The van der Waals surface area contributed by atoms with Gasteiger partial charge in [-0.3, -0.25) is 0 Å². The van der Waals surface area contributed by atoms with E-state index in [1.807, 2.05) is 12.1 Å². The van der Waals surface area contributed by atoms with E-state index in [9.17, 15) is 9.90 Å². The minimum Gasteiger partial charge on any atom is -0.465 e. The lowest BCUT2D eigenvalue weighted by atomic mass is 10.0. The average molecular weight is 251 g/mol. The van der Waals surface area contributed by atoms with Gasteiger partial charge < -0.3 is 15.2 Å². The van der Waals surface area contributed by atoms with Gasteiger partial charge in [-0.15, -0.1) is 0 Å². The van der Waals surface area contributed by atoms with Crippen LogP contribution in [0.2, 0.25) is 0 Å². The van der Waals surface area contributed by atoms with E-state index in [-0.39, 0.29) is 18.6 Å². The summed E-state index contributed by atoms with van der Waals surface area (Å²) in [6.45, 7) is 4.92. The van der Waals surface area contributed by atoms with Crippen molar-refractivity contribution in [3.8, 4) is 0 Å². The average Bonchev–Trinajstić information content (AvgIpc) is 2.39. The Morgan fingerprint density at radius 2 is 1.94 bits per heavy atom. The highest BCUT2D eigenvalue weighted by atomic mass is 16.5. The molecule has 0 aromatic heterocycles. The molecule has 0 fully saturated rings. The van der Waals surface area contributed by atoms with E-state index in [2.05, 4.69) is 23.9 Å². The third-order valence-corrected chi connectivity index (χ3v) is 2.94. The summed E-state index contributed by atoms with van der Waals surface area (Å²) < 4.78 is 4.64. The van der Waals surface area contributed by atoms with Crippen LogP contribution in [0, 0.1) is 5.92 Å². The summed E-state index contributed by atoms with van der Waals surface area (Å²) in [6.07, 6.45) is 0. The second-order valence-corrected chi connectivity index (χ2v) is 4.60. The highest BCUT2D eigenvalue weighted by Gasteiger charge is 2.11. The number of ether oxygens (including phenoxy) is 1. The molecule has 100 valence electrons. The summed E-state index contributed by atoms with van der Waals surface area (Å²) >= 11 is 0.